The molecule has 0 radical (unpaired) electrons. The summed E-state index contributed by atoms with van der Waals surface area (Å²) in [6.45, 7) is 3.90. The Kier molecular flexibility index (Phi) is 6.26. The van der Waals surface area contributed by atoms with Crippen LogP contribution >= 0.6 is 11.3 Å². The fourth-order valence-electron chi connectivity index (χ4n) is 3.77. The number of aromatic nitrogens is 2. The maximum Gasteiger partial charge on any atom is 0.359 e. The molecular weight excluding hydrogens is 482 g/mol. The Bertz CT molecular complexity index is 1590. The highest BCUT2D eigenvalue weighted by Crippen LogP contribution is 2.33. The molecule has 2 aromatic heterocycles. The molecule has 0 saturated heterocycles. The van der Waals surface area contributed by atoms with E-state index in [2.05, 4.69) is 10.4 Å². The number of amides is 1. The van der Waals surface area contributed by atoms with Gasteiger partial charge in [0.25, 0.3) is 5.56 Å². The number of thiophene rings is 1. The molecule has 182 valence electrons. The second-order valence-electron chi connectivity index (χ2n) is 7.91. The van der Waals surface area contributed by atoms with Crippen molar-refractivity contribution in [2.75, 3.05) is 18.7 Å². The molecule has 0 spiro atoms. The van der Waals surface area contributed by atoms with Gasteiger partial charge in [-0.25, -0.2) is 4.79 Å². The Labute approximate surface area is 209 Å². The Morgan fingerprint density at radius 1 is 1.19 bits per heavy atom. The summed E-state index contributed by atoms with van der Waals surface area (Å²) in [5, 5.41) is 9.51. The van der Waals surface area contributed by atoms with E-state index < -0.39 is 17.4 Å². The molecule has 0 aliphatic carbocycles. The van der Waals surface area contributed by atoms with Gasteiger partial charge in [-0.05, 0) is 55.3 Å². The normalized spacial score (nSPS) is 12.3. The Hall–Kier alpha value is -4.44. The monoisotopic (exact) mass is 503 g/mol. The Morgan fingerprint density at radius 2 is 2.03 bits per heavy atom. The molecule has 4 aromatic rings. The molecule has 0 atom stereocenters. The number of carbonyl (C=O) groups excluding carboxylic acids is 2. The van der Waals surface area contributed by atoms with E-state index in [9.17, 15) is 14.4 Å². The number of esters is 1. The van der Waals surface area contributed by atoms with Gasteiger partial charge < -0.3 is 19.5 Å². The molecule has 1 N–H and O–H groups in total. The highest BCUT2D eigenvalue weighted by Gasteiger charge is 2.23. The topological polar surface area (TPSA) is 109 Å². The number of anilines is 1. The molecule has 2 aromatic carbocycles. The number of rotatable bonds is 6. The van der Waals surface area contributed by atoms with Gasteiger partial charge in [0.1, 0.15) is 5.00 Å². The summed E-state index contributed by atoms with van der Waals surface area (Å²) in [5.74, 6) is 0.171. The summed E-state index contributed by atoms with van der Waals surface area (Å²) in [7, 11) is 0. The SMILES string of the molecule is CCOC(=O)c1nn(-c2cccc(C)c2)c(=O)c2c(NC(=O)/C=C/c3ccc4c(c3)OCO4)scc12. The smallest absolute Gasteiger partial charge is 0.359 e. The van der Waals surface area contributed by atoms with E-state index in [4.69, 9.17) is 14.2 Å². The fourth-order valence-corrected chi connectivity index (χ4v) is 4.71. The van der Waals surface area contributed by atoms with Crippen LogP contribution in [0.1, 0.15) is 28.5 Å². The molecule has 36 heavy (non-hydrogen) atoms. The zero-order chi connectivity index (χ0) is 25.2. The van der Waals surface area contributed by atoms with Crippen LogP contribution in [-0.4, -0.2) is 35.1 Å². The molecule has 10 heteroatoms. The van der Waals surface area contributed by atoms with Crippen LogP contribution in [0.5, 0.6) is 11.5 Å². The summed E-state index contributed by atoms with van der Waals surface area (Å²) in [4.78, 5) is 38.9. The lowest BCUT2D eigenvalue weighted by Crippen LogP contribution is -2.25. The Balaban J connectivity index is 1.52. The maximum atomic E-state index is 13.5. The van der Waals surface area contributed by atoms with E-state index in [-0.39, 0.29) is 24.5 Å². The minimum atomic E-state index is -0.651. The van der Waals surface area contributed by atoms with Crippen LogP contribution in [0.2, 0.25) is 0 Å². The molecule has 0 unspecified atom stereocenters. The number of benzene rings is 2. The van der Waals surface area contributed by atoms with Gasteiger partial charge in [0, 0.05) is 16.8 Å². The average Bonchev–Trinajstić information content (AvgIpc) is 3.50. The van der Waals surface area contributed by atoms with Crippen molar-refractivity contribution in [1.29, 1.82) is 0 Å². The number of hydrogen-bond acceptors (Lipinski definition) is 8. The largest absolute Gasteiger partial charge is 0.461 e. The van der Waals surface area contributed by atoms with Crippen molar-refractivity contribution in [2.45, 2.75) is 13.8 Å². The third kappa shape index (κ3) is 4.46. The zero-order valence-corrected chi connectivity index (χ0v) is 20.3. The number of hydrogen-bond donors (Lipinski definition) is 1. The minimum Gasteiger partial charge on any atom is -0.461 e. The van der Waals surface area contributed by atoms with Crippen LogP contribution in [0.4, 0.5) is 5.00 Å². The van der Waals surface area contributed by atoms with Crippen LogP contribution < -0.4 is 20.3 Å². The molecule has 3 heterocycles. The first-order chi connectivity index (χ1) is 17.4. The van der Waals surface area contributed by atoms with Gasteiger partial charge in [-0.3, -0.25) is 9.59 Å². The van der Waals surface area contributed by atoms with Crippen LogP contribution in [0.25, 0.3) is 22.5 Å². The van der Waals surface area contributed by atoms with Gasteiger partial charge in [0.2, 0.25) is 12.7 Å². The number of carbonyl (C=O) groups is 2. The quantitative estimate of drug-likeness (QED) is 0.308. The van der Waals surface area contributed by atoms with Gasteiger partial charge in [-0.1, -0.05) is 18.2 Å². The first-order valence-electron chi connectivity index (χ1n) is 11.1. The van der Waals surface area contributed by atoms with Crippen molar-refractivity contribution in [3.8, 4) is 17.2 Å². The molecule has 1 aliphatic heterocycles. The van der Waals surface area contributed by atoms with E-state index in [1.165, 1.54) is 6.08 Å². The van der Waals surface area contributed by atoms with Crippen molar-refractivity contribution in [3.05, 3.63) is 81.1 Å². The van der Waals surface area contributed by atoms with Crippen LogP contribution in [-0.2, 0) is 9.53 Å². The summed E-state index contributed by atoms with van der Waals surface area (Å²) >= 11 is 1.14. The predicted octanol–water partition coefficient (Wildman–Crippen LogP) is 4.31. The number of aryl methyl sites for hydroxylation is 1. The molecule has 0 bridgehead atoms. The summed E-state index contributed by atoms with van der Waals surface area (Å²) in [6, 6.07) is 12.5. The van der Waals surface area contributed by atoms with E-state index >= 15 is 0 Å². The lowest BCUT2D eigenvalue weighted by molar-refractivity contribution is -0.111. The first kappa shape index (κ1) is 23.3. The highest BCUT2D eigenvalue weighted by molar-refractivity contribution is 7.16. The number of fused-ring (bicyclic) bond motifs is 2. The molecule has 9 nitrogen and oxygen atoms in total. The van der Waals surface area contributed by atoms with Gasteiger partial charge in [0.15, 0.2) is 17.2 Å². The number of nitrogens with zero attached hydrogens (tertiary/aromatic N) is 2. The van der Waals surface area contributed by atoms with Crippen LogP contribution in [0.3, 0.4) is 0 Å². The second kappa shape index (κ2) is 9.67. The highest BCUT2D eigenvalue weighted by atomic mass is 32.1. The van der Waals surface area contributed by atoms with Crippen molar-refractivity contribution >= 4 is 45.1 Å². The van der Waals surface area contributed by atoms with Crippen molar-refractivity contribution in [1.82, 2.24) is 9.78 Å². The van der Waals surface area contributed by atoms with Crippen LogP contribution in [0, 0.1) is 6.92 Å². The van der Waals surface area contributed by atoms with Gasteiger partial charge in [-0.2, -0.15) is 9.78 Å². The van der Waals surface area contributed by atoms with Crippen molar-refractivity contribution < 1.29 is 23.8 Å². The summed E-state index contributed by atoms with van der Waals surface area (Å²) in [5.41, 5.74) is 1.71. The summed E-state index contributed by atoms with van der Waals surface area (Å²) in [6.07, 6.45) is 2.99. The average molecular weight is 504 g/mol. The van der Waals surface area contributed by atoms with Gasteiger partial charge >= 0.3 is 5.97 Å². The predicted molar refractivity (Wildman–Crippen MR) is 136 cm³/mol. The van der Waals surface area contributed by atoms with Crippen molar-refractivity contribution in [3.63, 3.8) is 0 Å². The van der Waals surface area contributed by atoms with Crippen LogP contribution in [0.15, 0.2) is 58.7 Å². The van der Waals surface area contributed by atoms with E-state index in [1.807, 2.05) is 13.0 Å². The van der Waals surface area contributed by atoms with E-state index in [0.717, 1.165) is 27.1 Å². The second-order valence-corrected chi connectivity index (χ2v) is 8.79. The maximum absolute atomic E-state index is 13.5. The summed E-state index contributed by atoms with van der Waals surface area (Å²) < 4.78 is 17.0. The molecule has 0 saturated carbocycles. The third-order valence-corrected chi connectivity index (χ3v) is 6.32. The van der Waals surface area contributed by atoms with Gasteiger partial charge in [0.05, 0.1) is 17.7 Å². The standard InChI is InChI=1S/C26H21N3O6S/c1-3-33-26(32)23-18-13-36-24(22(18)25(31)29(28-23)17-6-4-5-15(2)11-17)27-21(30)10-8-16-7-9-19-20(12-16)35-14-34-19/h4-13H,3,14H2,1-2H3,(H,27,30)/b10-8+. The van der Waals surface area contributed by atoms with E-state index in [0.29, 0.717) is 27.6 Å². The number of ether oxygens (including phenoxy) is 3. The molecule has 1 amide bonds. The zero-order valence-electron chi connectivity index (χ0n) is 19.4. The van der Waals surface area contributed by atoms with E-state index in [1.54, 1.807) is 54.8 Å². The fraction of sp³-hybridized carbons (Fsp3) is 0.154. The lowest BCUT2D eigenvalue weighted by Gasteiger charge is -2.10. The van der Waals surface area contributed by atoms with Gasteiger partial charge in [-0.15, -0.1) is 11.3 Å². The number of nitrogens with one attached hydrogen (secondary N) is 1. The molecular formula is C26H21N3O6S. The molecule has 1 aliphatic rings. The lowest BCUT2D eigenvalue weighted by atomic mass is 10.2. The Morgan fingerprint density at radius 3 is 2.83 bits per heavy atom. The third-order valence-electron chi connectivity index (χ3n) is 5.43. The molecule has 0 fully saturated rings. The molecule has 5 rings (SSSR count). The van der Waals surface area contributed by atoms with Crippen molar-refractivity contribution in [2.24, 2.45) is 0 Å². The first-order valence-corrected chi connectivity index (χ1v) is 12.0. The minimum absolute atomic E-state index is 0.000562.